The smallest absolute Gasteiger partial charge is 0.250 e. The number of benzene rings is 1. The number of hydrogen-bond donors (Lipinski definition) is 0. The normalized spacial score (nSPS) is 21.8. The first-order chi connectivity index (χ1) is 13.2. The van der Waals surface area contributed by atoms with E-state index in [1.54, 1.807) is 6.07 Å². The van der Waals surface area contributed by atoms with Gasteiger partial charge >= 0.3 is 0 Å². The number of rotatable bonds is 3. The van der Waals surface area contributed by atoms with Crippen molar-refractivity contribution in [1.82, 2.24) is 19.7 Å². The molecule has 6 nitrogen and oxygen atoms in total. The number of nitrogens with zero attached hydrogens (tertiary/aromatic N) is 4. The third-order valence-electron chi connectivity index (χ3n) is 5.45. The molecule has 5 rings (SSSR count). The topological polar surface area (TPSA) is 64.2 Å². The van der Waals surface area contributed by atoms with Crippen LogP contribution in [0, 0.1) is 5.92 Å². The van der Waals surface area contributed by atoms with Crippen molar-refractivity contribution >= 4 is 11.6 Å². The van der Waals surface area contributed by atoms with Crippen LogP contribution in [0.5, 0.6) is 0 Å². The Morgan fingerprint density at radius 3 is 2.89 bits per heavy atom. The molecule has 27 heavy (non-hydrogen) atoms. The Balaban J connectivity index is 1.34. The van der Waals surface area contributed by atoms with Crippen molar-refractivity contribution in [2.24, 2.45) is 5.92 Å². The van der Waals surface area contributed by atoms with Crippen LogP contribution in [0.25, 0.3) is 11.5 Å². The number of halogens is 1. The van der Waals surface area contributed by atoms with E-state index in [1.165, 1.54) is 0 Å². The SMILES string of the molecule is O=c1cccc2n1CC1CC2CN(Cc2nnc(-c3cccc(Cl)c3)o2)C1. The van der Waals surface area contributed by atoms with Gasteiger partial charge in [-0.2, -0.15) is 0 Å². The highest BCUT2D eigenvalue weighted by Gasteiger charge is 2.34. The third-order valence-corrected chi connectivity index (χ3v) is 5.69. The first kappa shape index (κ1) is 16.7. The van der Waals surface area contributed by atoms with Gasteiger partial charge in [0.1, 0.15) is 0 Å². The molecule has 0 radical (unpaired) electrons. The first-order valence-corrected chi connectivity index (χ1v) is 9.54. The van der Waals surface area contributed by atoms with Crippen LogP contribution in [0.1, 0.15) is 23.9 Å². The summed E-state index contributed by atoms with van der Waals surface area (Å²) in [6.45, 7) is 3.25. The minimum absolute atomic E-state index is 0.110. The van der Waals surface area contributed by atoms with Crippen LogP contribution < -0.4 is 5.56 Å². The zero-order valence-corrected chi connectivity index (χ0v) is 15.5. The zero-order valence-electron chi connectivity index (χ0n) is 14.7. The molecule has 2 aliphatic rings. The molecular weight excluding hydrogens is 364 g/mol. The number of pyridine rings is 1. The summed E-state index contributed by atoms with van der Waals surface area (Å²) < 4.78 is 7.80. The Labute approximate surface area is 161 Å². The van der Waals surface area contributed by atoms with E-state index in [-0.39, 0.29) is 5.56 Å². The molecule has 1 fully saturated rings. The van der Waals surface area contributed by atoms with Crippen molar-refractivity contribution in [3.63, 3.8) is 0 Å². The van der Waals surface area contributed by atoms with Gasteiger partial charge < -0.3 is 8.98 Å². The molecular formula is C20H19ClN4O2. The van der Waals surface area contributed by atoms with Crippen LogP contribution in [0.4, 0.5) is 0 Å². The Hall–Kier alpha value is -2.44. The van der Waals surface area contributed by atoms with Crippen LogP contribution >= 0.6 is 11.6 Å². The van der Waals surface area contributed by atoms with E-state index in [1.807, 2.05) is 34.9 Å². The number of aromatic nitrogens is 3. The van der Waals surface area contributed by atoms with Crippen LogP contribution in [-0.2, 0) is 13.1 Å². The van der Waals surface area contributed by atoms with E-state index in [2.05, 4.69) is 21.2 Å². The van der Waals surface area contributed by atoms with Gasteiger partial charge in [0.15, 0.2) is 0 Å². The van der Waals surface area contributed by atoms with Gasteiger partial charge in [-0.15, -0.1) is 10.2 Å². The first-order valence-electron chi connectivity index (χ1n) is 9.16. The summed E-state index contributed by atoms with van der Waals surface area (Å²) in [6, 6.07) is 13.0. The summed E-state index contributed by atoms with van der Waals surface area (Å²) in [5.41, 5.74) is 2.08. The van der Waals surface area contributed by atoms with E-state index in [0.717, 1.165) is 37.3 Å². The zero-order chi connectivity index (χ0) is 18.4. The molecule has 0 saturated carbocycles. The van der Waals surface area contributed by atoms with E-state index < -0.39 is 0 Å². The Morgan fingerprint density at radius 1 is 1.11 bits per heavy atom. The van der Waals surface area contributed by atoms with Crippen molar-refractivity contribution in [1.29, 1.82) is 0 Å². The fourth-order valence-corrected chi connectivity index (χ4v) is 4.56. The Bertz CT molecular complexity index is 1040. The van der Waals surface area contributed by atoms with Gasteiger partial charge in [-0.05, 0) is 36.6 Å². The molecule has 2 bridgehead atoms. The molecule has 0 spiro atoms. The number of piperidine rings is 1. The van der Waals surface area contributed by atoms with Gasteiger partial charge in [-0.1, -0.05) is 23.7 Å². The minimum atomic E-state index is 0.110. The van der Waals surface area contributed by atoms with Gasteiger partial charge in [-0.25, -0.2) is 0 Å². The van der Waals surface area contributed by atoms with Gasteiger partial charge in [0.25, 0.3) is 5.56 Å². The molecule has 2 unspecified atom stereocenters. The highest BCUT2D eigenvalue weighted by Crippen LogP contribution is 2.35. The molecule has 2 aliphatic heterocycles. The van der Waals surface area contributed by atoms with Crippen molar-refractivity contribution in [3.8, 4) is 11.5 Å². The quantitative estimate of drug-likeness (QED) is 0.696. The second kappa shape index (κ2) is 6.62. The highest BCUT2D eigenvalue weighted by molar-refractivity contribution is 6.30. The van der Waals surface area contributed by atoms with Crippen molar-refractivity contribution < 1.29 is 4.42 Å². The second-order valence-electron chi connectivity index (χ2n) is 7.40. The summed E-state index contributed by atoms with van der Waals surface area (Å²) >= 11 is 6.04. The summed E-state index contributed by atoms with van der Waals surface area (Å²) in [5, 5.41) is 9.02. The fraction of sp³-hybridized carbons (Fsp3) is 0.350. The molecule has 1 saturated heterocycles. The van der Waals surface area contributed by atoms with Gasteiger partial charge in [0, 0.05) is 47.9 Å². The highest BCUT2D eigenvalue weighted by atomic mass is 35.5. The maximum atomic E-state index is 12.1. The van der Waals surface area contributed by atoms with Gasteiger partial charge in [0.2, 0.25) is 11.8 Å². The predicted molar refractivity (Wildman–Crippen MR) is 102 cm³/mol. The molecule has 3 aromatic rings. The maximum Gasteiger partial charge on any atom is 0.250 e. The fourth-order valence-electron chi connectivity index (χ4n) is 4.37. The standard InChI is InChI=1S/C20H19ClN4O2/c21-16-4-1-3-14(8-16)20-23-22-18(27-20)12-24-9-13-7-15(11-24)17-5-2-6-19(26)25(17)10-13/h1-6,8,13,15H,7,9-12H2. The lowest BCUT2D eigenvalue weighted by molar-refractivity contribution is 0.106. The van der Waals surface area contributed by atoms with E-state index >= 15 is 0 Å². The molecule has 2 atom stereocenters. The lowest BCUT2D eigenvalue weighted by Crippen LogP contribution is -2.46. The number of hydrogen-bond acceptors (Lipinski definition) is 5. The average Bonchev–Trinajstić information content (AvgIpc) is 3.11. The third kappa shape index (κ3) is 3.19. The Kier molecular flexibility index (Phi) is 4.10. The number of likely N-dealkylation sites (tertiary alicyclic amines) is 1. The lowest BCUT2D eigenvalue weighted by atomic mass is 9.83. The van der Waals surface area contributed by atoms with Crippen LogP contribution in [0.15, 0.2) is 51.7 Å². The summed E-state index contributed by atoms with van der Waals surface area (Å²) in [6.07, 6.45) is 1.14. The molecule has 0 amide bonds. The molecule has 1 aromatic carbocycles. The molecule has 0 N–H and O–H groups in total. The second-order valence-corrected chi connectivity index (χ2v) is 7.84. The largest absolute Gasteiger partial charge is 0.419 e. The van der Waals surface area contributed by atoms with E-state index in [9.17, 15) is 4.79 Å². The average molecular weight is 383 g/mol. The van der Waals surface area contributed by atoms with E-state index in [4.69, 9.17) is 16.0 Å². The minimum Gasteiger partial charge on any atom is -0.419 e. The van der Waals surface area contributed by atoms with Crippen molar-refractivity contribution in [2.45, 2.75) is 25.4 Å². The maximum absolute atomic E-state index is 12.1. The molecule has 0 aliphatic carbocycles. The lowest BCUT2D eigenvalue weighted by Gasteiger charge is -2.42. The monoisotopic (exact) mass is 382 g/mol. The molecule has 4 heterocycles. The van der Waals surface area contributed by atoms with E-state index in [0.29, 0.717) is 35.2 Å². The summed E-state index contributed by atoms with van der Waals surface area (Å²) in [5.74, 6) is 1.95. The summed E-state index contributed by atoms with van der Waals surface area (Å²) in [7, 11) is 0. The summed E-state index contributed by atoms with van der Waals surface area (Å²) in [4.78, 5) is 14.5. The number of fused-ring (bicyclic) bond motifs is 4. The Morgan fingerprint density at radius 2 is 2.00 bits per heavy atom. The van der Waals surface area contributed by atoms with Crippen LogP contribution in [0.2, 0.25) is 5.02 Å². The van der Waals surface area contributed by atoms with Gasteiger partial charge in [0.05, 0.1) is 6.54 Å². The van der Waals surface area contributed by atoms with Crippen molar-refractivity contribution in [2.75, 3.05) is 13.1 Å². The predicted octanol–water partition coefficient (Wildman–Crippen LogP) is 3.17. The molecule has 138 valence electrons. The van der Waals surface area contributed by atoms with Crippen LogP contribution in [-0.4, -0.2) is 32.8 Å². The molecule has 7 heteroatoms. The van der Waals surface area contributed by atoms with Crippen LogP contribution in [0.3, 0.4) is 0 Å². The molecule has 2 aromatic heterocycles. The van der Waals surface area contributed by atoms with Crippen molar-refractivity contribution in [3.05, 3.63) is 69.4 Å². The van der Waals surface area contributed by atoms with Gasteiger partial charge in [-0.3, -0.25) is 9.69 Å².